The van der Waals surface area contributed by atoms with Gasteiger partial charge in [-0.15, -0.1) is 0 Å². The van der Waals surface area contributed by atoms with Crippen LogP contribution in [0.5, 0.6) is 0 Å². The fourth-order valence-electron chi connectivity index (χ4n) is 2.69. The van der Waals surface area contributed by atoms with E-state index in [9.17, 15) is 9.59 Å². The van der Waals surface area contributed by atoms with E-state index in [-0.39, 0.29) is 18.0 Å². The minimum atomic E-state index is -0.173. The maximum absolute atomic E-state index is 12.0. The lowest BCUT2D eigenvalue weighted by molar-refractivity contribution is -0.121. The number of aromatic nitrogens is 4. The van der Waals surface area contributed by atoms with Crippen LogP contribution in [0, 0.1) is 20.8 Å². The van der Waals surface area contributed by atoms with Gasteiger partial charge in [-0.2, -0.15) is 5.10 Å². The van der Waals surface area contributed by atoms with Crippen molar-refractivity contribution in [2.45, 2.75) is 47.1 Å². The molecule has 0 bridgehead atoms. The van der Waals surface area contributed by atoms with Crippen LogP contribution in [-0.4, -0.2) is 32.2 Å². The zero-order valence-electron chi connectivity index (χ0n) is 14.1. The maximum Gasteiger partial charge on any atom is 0.251 e. The molecule has 2 heterocycles. The summed E-state index contributed by atoms with van der Waals surface area (Å²) < 4.78 is 1.74. The lowest BCUT2D eigenvalue weighted by Crippen LogP contribution is -2.30. The third kappa shape index (κ3) is 4.28. The Labute approximate surface area is 135 Å². The first-order chi connectivity index (χ1) is 10.9. The van der Waals surface area contributed by atoms with Gasteiger partial charge in [0, 0.05) is 30.4 Å². The van der Waals surface area contributed by atoms with Crippen molar-refractivity contribution in [3.8, 4) is 0 Å². The number of hydrogen-bond donors (Lipinski definition) is 2. The zero-order chi connectivity index (χ0) is 17.0. The van der Waals surface area contributed by atoms with Crippen molar-refractivity contribution in [3.05, 3.63) is 44.9 Å². The molecule has 0 radical (unpaired) electrons. The molecule has 0 aliphatic rings. The van der Waals surface area contributed by atoms with Gasteiger partial charge in [0.1, 0.15) is 12.4 Å². The second-order valence-electron chi connectivity index (χ2n) is 5.58. The summed E-state index contributed by atoms with van der Waals surface area (Å²) >= 11 is 0. The number of H-pyrrole nitrogens is 1. The Morgan fingerprint density at radius 2 is 2.09 bits per heavy atom. The number of hydrogen-bond acceptors (Lipinski definition) is 4. The molecule has 0 aliphatic carbocycles. The standard InChI is InChI=1S/C16H23N5O2/c1-5-14-10(2)20-21(11(14)3)9-16(23)17-7-6-13-8-15(22)19-12(4)18-13/h8H,5-7,9H2,1-4H3,(H,17,23)(H,18,19,22). The van der Waals surface area contributed by atoms with Crippen molar-refractivity contribution in [1.29, 1.82) is 0 Å². The summed E-state index contributed by atoms with van der Waals surface area (Å²) in [5.74, 6) is 0.480. The number of aryl methyl sites for hydroxylation is 2. The molecule has 0 atom stereocenters. The fourth-order valence-corrected chi connectivity index (χ4v) is 2.69. The first-order valence-corrected chi connectivity index (χ1v) is 7.77. The molecule has 0 saturated heterocycles. The van der Waals surface area contributed by atoms with E-state index in [0.29, 0.717) is 24.5 Å². The topological polar surface area (TPSA) is 92.7 Å². The molecule has 0 saturated carbocycles. The van der Waals surface area contributed by atoms with E-state index in [4.69, 9.17) is 0 Å². The molecule has 2 N–H and O–H groups in total. The molecule has 7 nitrogen and oxygen atoms in total. The Bertz CT molecular complexity index is 760. The summed E-state index contributed by atoms with van der Waals surface area (Å²) in [6.45, 7) is 8.40. The Morgan fingerprint density at radius 3 is 2.70 bits per heavy atom. The van der Waals surface area contributed by atoms with Crippen molar-refractivity contribution in [3.63, 3.8) is 0 Å². The molecule has 23 heavy (non-hydrogen) atoms. The highest BCUT2D eigenvalue weighted by atomic mass is 16.2. The summed E-state index contributed by atoms with van der Waals surface area (Å²) in [7, 11) is 0. The van der Waals surface area contributed by atoms with Crippen LogP contribution in [-0.2, 0) is 24.2 Å². The average molecular weight is 317 g/mol. The van der Waals surface area contributed by atoms with Gasteiger partial charge in [-0.25, -0.2) is 4.98 Å². The minimum absolute atomic E-state index is 0.0974. The van der Waals surface area contributed by atoms with E-state index in [2.05, 4.69) is 27.3 Å². The van der Waals surface area contributed by atoms with Crippen LogP contribution in [0.2, 0.25) is 0 Å². The molecule has 124 valence electrons. The summed E-state index contributed by atoms with van der Waals surface area (Å²) in [5.41, 5.74) is 3.70. The smallest absolute Gasteiger partial charge is 0.251 e. The van der Waals surface area contributed by atoms with Crippen molar-refractivity contribution in [2.75, 3.05) is 6.54 Å². The average Bonchev–Trinajstić information content (AvgIpc) is 2.71. The number of aromatic amines is 1. The van der Waals surface area contributed by atoms with Gasteiger partial charge in [0.15, 0.2) is 0 Å². The van der Waals surface area contributed by atoms with Gasteiger partial charge < -0.3 is 10.3 Å². The normalized spacial score (nSPS) is 10.8. The molecule has 2 rings (SSSR count). The lowest BCUT2D eigenvalue weighted by atomic mass is 10.1. The van der Waals surface area contributed by atoms with Gasteiger partial charge in [0.25, 0.3) is 5.56 Å². The Balaban J connectivity index is 1.89. The number of nitrogens with zero attached hydrogens (tertiary/aromatic N) is 3. The molecular formula is C16H23N5O2. The van der Waals surface area contributed by atoms with Gasteiger partial charge in [-0.3, -0.25) is 14.3 Å². The SMILES string of the molecule is CCc1c(C)nn(CC(=O)NCCc2cc(=O)[nH]c(C)n2)c1C. The second-order valence-corrected chi connectivity index (χ2v) is 5.58. The first-order valence-electron chi connectivity index (χ1n) is 7.77. The minimum Gasteiger partial charge on any atom is -0.354 e. The van der Waals surface area contributed by atoms with E-state index < -0.39 is 0 Å². The Morgan fingerprint density at radius 1 is 1.35 bits per heavy atom. The molecule has 0 fully saturated rings. The van der Waals surface area contributed by atoms with E-state index >= 15 is 0 Å². The quantitative estimate of drug-likeness (QED) is 0.824. The van der Waals surface area contributed by atoms with Gasteiger partial charge in [-0.05, 0) is 32.8 Å². The summed E-state index contributed by atoms with van der Waals surface area (Å²) in [6, 6.07) is 1.45. The van der Waals surface area contributed by atoms with Gasteiger partial charge in [-0.1, -0.05) is 6.92 Å². The monoisotopic (exact) mass is 317 g/mol. The number of carbonyl (C=O) groups excluding carboxylic acids is 1. The predicted octanol–water partition coefficient (Wildman–Crippen LogP) is 0.813. The molecule has 0 unspecified atom stereocenters. The van der Waals surface area contributed by atoms with Crippen molar-refractivity contribution in [2.24, 2.45) is 0 Å². The van der Waals surface area contributed by atoms with Crippen molar-refractivity contribution < 1.29 is 4.79 Å². The van der Waals surface area contributed by atoms with Gasteiger partial charge in [0.05, 0.1) is 5.69 Å². The van der Waals surface area contributed by atoms with Crippen LogP contribution in [0.25, 0.3) is 0 Å². The fraction of sp³-hybridized carbons (Fsp3) is 0.500. The highest BCUT2D eigenvalue weighted by Gasteiger charge is 2.12. The lowest BCUT2D eigenvalue weighted by Gasteiger charge is -2.07. The highest BCUT2D eigenvalue weighted by molar-refractivity contribution is 5.75. The van der Waals surface area contributed by atoms with Crippen LogP contribution in [0.3, 0.4) is 0 Å². The van der Waals surface area contributed by atoms with Crippen LogP contribution < -0.4 is 10.9 Å². The van der Waals surface area contributed by atoms with E-state index in [1.165, 1.54) is 11.6 Å². The largest absolute Gasteiger partial charge is 0.354 e. The Hall–Kier alpha value is -2.44. The van der Waals surface area contributed by atoms with E-state index in [1.807, 2.05) is 13.8 Å². The predicted molar refractivity (Wildman–Crippen MR) is 87.4 cm³/mol. The number of carbonyl (C=O) groups is 1. The molecule has 0 spiro atoms. The van der Waals surface area contributed by atoms with Crippen LogP contribution in [0.4, 0.5) is 0 Å². The van der Waals surface area contributed by atoms with E-state index in [0.717, 1.165) is 17.8 Å². The molecule has 7 heteroatoms. The summed E-state index contributed by atoms with van der Waals surface area (Å²) in [4.78, 5) is 30.2. The van der Waals surface area contributed by atoms with Crippen molar-refractivity contribution in [1.82, 2.24) is 25.1 Å². The van der Waals surface area contributed by atoms with Crippen molar-refractivity contribution >= 4 is 5.91 Å². The number of rotatable bonds is 6. The Kier molecular flexibility index (Phi) is 5.31. The third-order valence-electron chi connectivity index (χ3n) is 3.79. The van der Waals surface area contributed by atoms with E-state index in [1.54, 1.807) is 11.6 Å². The van der Waals surface area contributed by atoms with Gasteiger partial charge in [0.2, 0.25) is 5.91 Å². The van der Waals surface area contributed by atoms with Crippen LogP contribution in [0.1, 0.15) is 35.4 Å². The third-order valence-corrected chi connectivity index (χ3v) is 3.79. The van der Waals surface area contributed by atoms with Crippen LogP contribution >= 0.6 is 0 Å². The highest BCUT2D eigenvalue weighted by Crippen LogP contribution is 2.13. The molecule has 0 aromatic carbocycles. The molecule has 2 aromatic heterocycles. The molecule has 2 aromatic rings. The van der Waals surface area contributed by atoms with Gasteiger partial charge >= 0.3 is 0 Å². The first kappa shape index (κ1) is 16.9. The molecular weight excluding hydrogens is 294 g/mol. The summed E-state index contributed by atoms with van der Waals surface area (Å²) in [6.07, 6.45) is 1.43. The zero-order valence-corrected chi connectivity index (χ0v) is 14.1. The number of amides is 1. The number of nitrogens with one attached hydrogen (secondary N) is 2. The second kappa shape index (κ2) is 7.21. The maximum atomic E-state index is 12.0. The molecule has 1 amide bonds. The van der Waals surface area contributed by atoms with Crippen LogP contribution in [0.15, 0.2) is 10.9 Å². The summed E-state index contributed by atoms with van der Waals surface area (Å²) in [5, 5.41) is 7.25. The molecule has 0 aliphatic heterocycles.